The molecule has 0 amide bonds. The zero-order valence-electron chi connectivity index (χ0n) is 9.05. The third-order valence-corrected chi connectivity index (χ3v) is 3.00. The molecule has 1 N–H and O–H groups in total. The summed E-state index contributed by atoms with van der Waals surface area (Å²) < 4.78 is 37.7. The number of benzene rings is 1. The van der Waals surface area contributed by atoms with E-state index in [9.17, 15) is 18.0 Å². The number of nitrogens with one attached hydrogen (secondary N) is 1. The lowest BCUT2D eigenvalue weighted by Crippen LogP contribution is -2.19. The number of aromatic amines is 1. The maximum absolute atomic E-state index is 12.6. The Hall–Kier alpha value is -1.53. The number of aromatic nitrogens is 2. The molecule has 0 aliphatic carbocycles. The summed E-state index contributed by atoms with van der Waals surface area (Å²) in [6.07, 6.45) is -4.66. The zero-order valence-corrected chi connectivity index (χ0v) is 10.6. The van der Waals surface area contributed by atoms with Crippen molar-refractivity contribution in [3.8, 4) is 11.3 Å². The van der Waals surface area contributed by atoms with E-state index in [1.807, 2.05) is 0 Å². The van der Waals surface area contributed by atoms with Crippen molar-refractivity contribution < 1.29 is 13.2 Å². The van der Waals surface area contributed by atoms with Crippen LogP contribution in [-0.2, 0) is 6.18 Å². The van der Waals surface area contributed by atoms with E-state index >= 15 is 0 Å². The molecule has 1 aromatic heterocycles. The third-order valence-electron chi connectivity index (χ3n) is 2.27. The Morgan fingerprint density at radius 3 is 2.37 bits per heavy atom. The molecule has 1 heterocycles. The molecule has 19 heavy (non-hydrogen) atoms. The fourth-order valence-electron chi connectivity index (χ4n) is 1.41. The highest BCUT2D eigenvalue weighted by atomic mass is 35.5. The van der Waals surface area contributed by atoms with Gasteiger partial charge in [-0.3, -0.25) is 0 Å². The van der Waals surface area contributed by atoms with Crippen molar-refractivity contribution in [1.82, 2.24) is 9.97 Å². The van der Waals surface area contributed by atoms with Gasteiger partial charge in [-0.2, -0.15) is 18.2 Å². The number of alkyl halides is 3. The van der Waals surface area contributed by atoms with Crippen LogP contribution in [0.3, 0.4) is 0 Å². The molecule has 0 aliphatic heterocycles. The second kappa shape index (κ2) is 4.86. The van der Waals surface area contributed by atoms with E-state index in [-0.39, 0.29) is 21.3 Å². The average molecular weight is 309 g/mol. The molecule has 0 spiro atoms. The van der Waals surface area contributed by atoms with Crippen LogP contribution in [0.2, 0.25) is 10.0 Å². The van der Waals surface area contributed by atoms with Gasteiger partial charge < -0.3 is 4.98 Å². The molecule has 0 saturated heterocycles. The largest absolute Gasteiger partial charge is 0.431 e. The maximum Gasteiger partial charge on any atom is 0.431 e. The van der Waals surface area contributed by atoms with Crippen LogP contribution in [0, 0.1) is 0 Å². The first kappa shape index (κ1) is 13.9. The summed E-state index contributed by atoms with van der Waals surface area (Å²) in [5.74, 6) is 0. The highest BCUT2D eigenvalue weighted by molar-refractivity contribution is 6.42. The van der Waals surface area contributed by atoms with Crippen LogP contribution in [0.5, 0.6) is 0 Å². The van der Waals surface area contributed by atoms with Crippen molar-refractivity contribution in [2.75, 3.05) is 0 Å². The standard InChI is InChI=1S/C11H5Cl2F3N2O/c12-6-2-1-5(3-7(6)13)8-4-9(11(14,15)16)18-10(19)17-8/h1-4H,(H,17,18,19). The Morgan fingerprint density at radius 2 is 1.79 bits per heavy atom. The van der Waals surface area contributed by atoms with Crippen molar-refractivity contribution in [2.24, 2.45) is 0 Å². The molecule has 2 aromatic rings. The van der Waals surface area contributed by atoms with Gasteiger partial charge >= 0.3 is 11.9 Å². The zero-order chi connectivity index (χ0) is 14.2. The molecular formula is C11H5Cl2F3N2O. The highest BCUT2D eigenvalue weighted by Gasteiger charge is 2.32. The van der Waals surface area contributed by atoms with Gasteiger partial charge in [-0.25, -0.2) is 4.79 Å². The van der Waals surface area contributed by atoms with Gasteiger partial charge in [0.2, 0.25) is 0 Å². The molecular weight excluding hydrogens is 304 g/mol. The highest BCUT2D eigenvalue weighted by Crippen LogP contribution is 2.31. The minimum Gasteiger partial charge on any atom is -0.302 e. The predicted octanol–water partition coefficient (Wildman–Crippen LogP) is 3.76. The van der Waals surface area contributed by atoms with E-state index in [1.165, 1.54) is 18.2 Å². The lowest BCUT2D eigenvalue weighted by Gasteiger charge is -2.08. The Labute approximate surface area is 115 Å². The van der Waals surface area contributed by atoms with Crippen LogP contribution in [-0.4, -0.2) is 9.97 Å². The molecule has 0 unspecified atom stereocenters. The predicted molar refractivity (Wildman–Crippen MR) is 65.3 cm³/mol. The van der Waals surface area contributed by atoms with Gasteiger partial charge in [0.15, 0.2) is 0 Å². The van der Waals surface area contributed by atoms with Crippen LogP contribution in [0.1, 0.15) is 5.69 Å². The lowest BCUT2D eigenvalue weighted by atomic mass is 10.1. The van der Waals surface area contributed by atoms with E-state index in [4.69, 9.17) is 23.2 Å². The third kappa shape index (κ3) is 3.08. The molecule has 0 atom stereocenters. The Balaban J connectivity index is 2.59. The van der Waals surface area contributed by atoms with Gasteiger partial charge in [0.05, 0.1) is 15.7 Å². The number of H-pyrrole nitrogens is 1. The number of hydrogen-bond donors (Lipinski definition) is 1. The first-order chi connectivity index (χ1) is 8.77. The Bertz CT molecular complexity index is 682. The molecule has 0 saturated carbocycles. The molecule has 8 heteroatoms. The number of hydrogen-bond acceptors (Lipinski definition) is 2. The monoisotopic (exact) mass is 308 g/mol. The summed E-state index contributed by atoms with van der Waals surface area (Å²) >= 11 is 11.5. The van der Waals surface area contributed by atoms with Crippen LogP contribution in [0.25, 0.3) is 11.3 Å². The van der Waals surface area contributed by atoms with Crippen molar-refractivity contribution in [3.05, 3.63) is 50.5 Å². The minimum absolute atomic E-state index is 0.130. The lowest BCUT2D eigenvalue weighted by molar-refractivity contribution is -0.141. The van der Waals surface area contributed by atoms with Gasteiger partial charge in [-0.15, -0.1) is 0 Å². The van der Waals surface area contributed by atoms with Crippen LogP contribution in [0.4, 0.5) is 13.2 Å². The van der Waals surface area contributed by atoms with Crippen molar-refractivity contribution in [1.29, 1.82) is 0 Å². The van der Waals surface area contributed by atoms with E-state index in [0.717, 1.165) is 6.07 Å². The number of rotatable bonds is 1. The van der Waals surface area contributed by atoms with Gasteiger partial charge in [-0.1, -0.05) is 29.3 Å². The van der Waals surface area contributed by atoms with Crippen molar-refractivity contribution in [2.45, 2.75) is 6.18 Å². The number of halogens is 5. The molecule has 0 aliphatic rings. The average Bonchev–Trinajstić information content (AvgIpc) is 2.31. The van der Waals surface area contributed by atoms with E-state index in [0.29, 0.717) is 0 Å². The summed E-state index contributed by atoms with van der Waals surface area (Å²) in [5.41, 5.74) is -2.12. The van der Waals surface area contributed by atoms with Crippen LogP contribution >= 0.6 is 23.2 Å². The van der Waals surface area contributed by atoms with Crippen LogP contribution in [0.15, 0.2) is 29.1 Å². The topological polar surface area (TPSA) is 45.8 Å². The van der Waals surface area contributed by atoms with Gasteiger partial charge in [0, 0.05) is 5.56 Å². The summed E-state index contributed by atoms with van der Waals surface area (Å²) in [7, 11) is 0. The van der Waals surface area contributed by atoms with E-state index < -0.39 is 17.6 Å². The smallest absolute Gasteiger partial charge is 0.302 e. The molecule has 0 fully saturated rings. The molecule has 1 aromatic carbocycles. The number of nitrogens with zero attached hydrogens (tertiary/aromatic N) is 1. The van der Waals surface area contributed by atoms with E-state index in [2.05, 4.69) is 4.98 Å². The second-order valence-electron chi connectivity index (χ2n) is 3.61. The van der Waals surface area contributed by atoms with Crippen molar-refractivity contribution >= 4 is 23.2 Å². The Kier molecular flexibility index (Phi) is 3.56. The Morgan fingerprint density at radius 1 is 1.11 bits per heavy atom. The van der Waals surface area contributed by atoms with Crippen molar-refractivity contribution in [3.63, 3.8) is 0 Å². The fourth-order valence-corrected chi connectivity index (χ4v) is 1.71. The molecule has 0 bridgehead atoms. The maximum atomic E-state index is 12.6. The summed E-state index contributed by atoms with van der Waals surface area (Å²) in [4.78, 5) is 16.3. The normalized spacial score (nSPS) is 11.6. The van der Waals surface area contributed by atoms with Gasteiger partial charge in [0.1, 0.15) is 5.69 Å². The summed E-state index contributed by atoms with van der Waals surface area (Å²) in [6, 6.07) is 4.91. The SMILES string of the molecule is O=c1nc(-c2ccc(Cl)c(Cl)c2)cc(C(F)(F)F)[nH]1. The molecule has 2 rings (SSSR count). The van der Waals surface area contributed by atoms with Crippen LogP contribution < -0.4 is 5.69 Å². The van der Waals surface area contributed by atoms with Gasteiger partial charge in [0.25, 0.3) is 0 Å². The first-order valence-electron chi connectivity index (χ1n) is 4.91. The first-order valence-corrected chi connectivity index (χ1v) is 5.67. The summed E-state index contributed by atoms with van der Waals surface area (Å²) in [5, 5.41) is 0.418. The molecule has 3 nitrogen and oxygen atoms in total. The quantitative estimate of drug-likeness (QED) is 0.871. The fraction of sp³-hybridized carbons (Fsp3) is 0.0909. The van der Waals surface area contributed by atoms with Gasteiger partial charge in [-0.05, 0) is 18.2 Å². The second-order valence-corrected chi connectivity index (χ2v) is 4.43. The minimum atomic E-state index is -4.66. The molecule has 0 radical (unpaired) electrons. The van der Waals surface area contributed by atoms with E-state index in [1.54, 1.807) is 4.98 Å². The summed E-state index contributed by atoms with van der Waals surface area (Å²) in [6.45, 7) is 0. The molecule has 100 valence electrons.